The summed E-state index contributed by atoms with van der Waals surface area (Å²) in [7, 11) is -0.633. The Morgan fingerprint density at radius 2 is 1.58 bits per heavy atom. The van der Waals surface area contributed by atoms with E-state index in [0.717, 1.165) is 29.3 Å². The van der Waals surface area contributed by atoms with Crippen molar-refractivity contribution in [1.82, 2.24) is 0 Å². The van der Waals surface area contributed by atoms with Crippen LogP contribution in [0.5, 0.6) is 0 Å². The second-order valence-electron chi connectivity index (χ2n) is 8.86. The zero-order valence-corrected chi connectivity index (χ0v) is 18.2. The molecule has 0 aliphatic rings. The predicted molar refractivity (Wildman–Crippen MR) is 110 cm³/mol. The van der Waals surface area contributed by atoms with Crippen molar-refractivity contribution in [3.05, 3.63) is 34.4 Å². The molecule has 0 bridgehead atoms. The molecule has 0 radical (unpaired) electrons. The number of aryl methyl sites for hydroxylation is 3. The smallest absolute Gasteiger partial charge is 0.184 e. The fourth-order valence-electron chi connectivity index (χ4n) is 3.79. The second-order valence-corrected chi connectivity index (χ2v) is 11.5. The number of hydrogen-bond acceptors (Lipinski definition) is 1. The molecule has 0 heterocycles. The van der Waals surface area contributed by atoms with Crippen LogP contribution >= 0.6 is 7.92 Å². The van der Waals surface area contributed by atoms with E-state index < -0.39 is 7.92 Å². The van der Waals surface area contributed by atoms with Gasteiger partial charge in [-0.25, -0.2) is 0 Å². The Kier molecular flexibility index (Phi) is 7.67. The van der Waals surface area contributed by atoms with Gasteiger partial charge in [0.15, 0.2) is 5.52 Å². The molecule has 0 aromatic heterocycles. The van der Waals surface area contributed by atoms with Gasteiger partial charge in [-0.05, 0) is 75.8 Å². The Morgan fingerprint density at radius 1 is 1.08 bits per heavy atom. The predicted octanol–water partition coefficient (Wildman–Crippen LogP) is 7.10. The van der Waals surface area contributed by atoms with Gasteiger partial charge in [-0.1, -0.05) is 59.2 Å². The van der Waals surface area contributed by atoms with E-state index in [2.05, 4.69) is 74.4 Å². The SMILES string of the molecule is CCC(C)P(CC(C)CC(C)(C)C)C(=O)c1c(C)cc(C)cc1C. The highest BCUT2D eigenvalue weighted by Gasteiger charge is 2.29. The highest BCUT2D eigenvalue weighted by molar-refractivity contribution is 7.76. The molecule has 136 valence electrons. The molecule has 24 heavy (non-hydrogen) atoms. The molecule has 0 fully saturated rings. The average molecular weight is 349 g/mol. The molecule has 0 amide bonds. The maximum Gasteiger partial charge on any atom is 0.184 e. The molecular weight excluding hydrogens is 311 g/mol. The van der Waals surface area contributed by atoms with Crippen LogP contribution in [0.15, 0.2) is 12.1 Å². The van der Waals surface area contributed by atoms with Gasteiger partial charge < -0.3 is 0 Å². The van der Waals surface area contributed by atoms with Gasteiger partial charge in [0, 0.05) is 5.56 Å². The number of benzene rings is 1. The molecule has 0 saturated carbocycles. The van der Waals surface area contributed by atoms with Gasteiger partial charge in [0.05, 0.1) is 0 Å². The van der Waals surface area contributed by atoms with Crippen molar-refractivity contribution in [2.45, 2.75) is 80.8 Å². The number of carbonyl (C=O) groups is 1. The maximum atomic E-state index is 13.4. The van der Waals surface area contributed by atoms with Crippen molar-refractivity contribution in [3.63, 3.8) is 0 Å². The highest BCUT2D eigenvalue weighted by Crippen LogP contribution is 2.49. The Bertz CT molecular complexity index is 545. The summed E-state index contributed by atoms with van der Waals surface area (Å²) in [6.45, 7) is 20.0. The quantitative estimate of drug-likeness (QED) is 0.480. The van der Waals surface area contributed by atoms with Crippen LogP contribution in [-0.2, 0) is 0 Å². The van der Waals surface area contributed by atoms with E-state index in [1.54, 1.807) is 0 Å². The van der Waals surface area contributed by atoms with Gasteiger partial charge in [0.2, 0.25) is 0 Å². The lowest BCUT2D eigenvalue weighted by Gasteiger charge is -2.30. The third-order valence-electron chi connectivity index (χ3n) is 4.74. The third-order valence-corrected chi connectivity index (χ3v) is 7.94. The van der Waals surface area contributed by atoms with Crippen LogP contribution in [0.4, 0.5) is 0 Å². The molecular formula is C22H37OP. The zero-order valence-electron chi connectivity index (χ0n) is 17.3. The molecule has 3 unspecified atom stereocenters. The van der Waals surface area contributed by atoms with Crippen LogP contribution in [0.2, 0.25) is 0 Å². The zero-order chi connectivity index (χ0) is 18.7. The standard InChI is InChI=1S/C22H37OP/c1-10-19(6)24(14-16(3)13-22(7,8)9)21(23)20-17(4)11-15(2)12-18(20)5/h11-12,16,19H,10,13-14H2,1-9H3. The first-order valence-electron chi connectivity index (χ1n) is 9.35. The minimum absolute atomic E-state index is 0.328. The number of hydrogen-bond donors (Lipinski definition) is 0. The summed E-state index contributed by atoms with van der Waals surface area (Å²) >= 11 is 0. The van der Waals surface area contributed by atoms with E-state index in [1.807, 2.05) is 0 Å². The first kappa shape index (κ1) is 21.4. The lowest BCUT2D eigenvalue weighted by molar-refractivity contribution is 0.107. The summed E-state index contributed by atoms with van der Waals surface area (Å²) in [4.78, 5) is 13.4. The summed E-state index contributed by atoms with van der Waals surface area (Å²) in [5.41, 5.74) is 5.79. The number of carbonyl (C=O) groups excluding carboxylic acids is 1. The van der Waals surface area contributed by atoms with Crippen molar-refractivity contribution in [2.75, 3.05) is 6.16 Å². The maximum absolute atomic E-state index is 13.4. The lowest BCUT2D eigenvalue weighted by Crippen LogP contribution is -2.19. The molecule has 0 N–H and O–H groups in total. The minimum atomic E-state index is -0.633. The number of rotatable bonds is 7. The lowest BCUT2D eigenvalue weighted by atomic mass is 9.86. The molecule has 0 aliphatic heterocycles. The Morgan fingerprint density at radius 3 is 2.00 bits per heavy atom. The van der Waals surface area contributed by atoms with E-state index >= 15 is 0 Å². The second kappa shape index (κ2) is 8.61. The van der Waals surface area contributed by atoms with E-state index in [9.17, 15) is 4.79 Å². The van der Waals surface area contributed by atoms with E-state index in [4.69, 9.17) is 0 Å². The molecule has 2 heteroatoms. The summed E-state index contributed by atoms with van der Waals surface area (Å²) < 4.78 is 0. The van der Waals surface area contributed by atoms with Crippen molar-refractivity contribution >= 4 is 13.4 Å². The molecule has 0 saturated heterocycles. The van der Waals surface area contributed by atoms with Crippen molar-refractivity contribution in [1.29, 1.82) is 0 Å². The molecule has 0 spiro atoms. The van der Waals surface area contributed by atoms with Gasteiger partial charge >= 0.3 is 0 Å². The summed E-state index contributed by atoms with van der Waals surface area (Å²) in [6.07, 6.45) is 3.33. The summed E-state index contributed by atoms with van der Waals surface area (Å²) in [6, 6.07) is 4.31. The Balaban J connectivity index is 3.11. The van der Waals surface area contributed by atoms with Crippen LogP contribution in [-0.4, -0.2) is 17.3 Å². The van der Waals surface area contributed by atoms with Gasteiger partial charge in [-0.3, -0.25) is 4.79 Å². The van der Waals surface area contributed by atoms with Crippen LogP contribution in [0, 0.1) is 32.1 Å². The fraction of sp³-hybridized carbons (Fsp3) is 0.682. The topological polar surface area (TPSA) is 17.1 Å². The first-order chi connectivity index (χ1) is 11.0. The molecule has 0 aliphatic carbocycles. The Hall–Kier alpha value is -0.680. The third kappa shape index (κ3) is 5.99. The van der Waals surface area contributed by atoms with Crippen molar-refractivity contribution in [3.8, 4) is 0 Å². The van der Waals surface area contributed by atoms with Crippen molar-refractivity contribution in [2.24, 2.45) is 11.3 Å². The van der Waals surface area contributed by atoms with E-state index in [0.29, 0.717) is 22.5 Å². The van der Waals surface area contributed by atoms with Crippen molar-refractivity contribution < 1.29 is 4.79 Å². The first-order valence-corrected chi connectivity index (χ1v) is 10.9. The Labute approximate surface area is 151 Å². The normalized spacial score (nSPS) is 15.9. The van der Waals surface area contributed by atoms with Gasteiger partial charge in [-0.2, -0.15) is 0 Å². The molecule has 1 rings (SSSR count). The minimum Gasteiger partial charge on any atom is -0.289 e. The van der Waals surface area contributed by atoms with Crippen LogP contribution in [0.3, 0.4) is 0 Å². The monoisotopic (exact) mass is 348 g/mol. The van der Waals surface area contributed by atoms with Crippen LogP contribution in [0.25, 0.3) is 0 Å². The molecule has 1 aromatic rings. The molecule has 1 aromatic carbocycles. The summed E-state index contributed by atoms with van der Waals surface area (Å²) in [5.74, 6) is 0.597. The molecule has 1 nitrogen and oxygen atoms in total. The van der Waals surface area contributed by atoms with E-state index in [1.165, 1.54) is 12.0 Å². The largest absolute Gasteiger partial charge is 0.289 e. The van der Waals surface area contributed by atoms with Gasteiger partial charge in [-0.15, -0.1) is 0 Å². The summed E-state index contributed by atoms with van der Waals surface area (Å²) in [5, 5.41) is 0. The fourth-order valence-corrected chi connectivity index (χ4v) is 6.60. The van der Waals surface area contributed by atoms with Gasteiger partial charge in [0.1, 0.15) is 0 Å². The van der Waals surface area contributed by atoms with Crippen LogP contribution in [0.1, 0.15) is 81.4 Å². The van der Waals surface area contributed by atoms with E-state index in [-0.39, 0.29) is 0 Å². The average Bonchev–Trinajstić information content (AvgIpc) is 2.40. The highest BCUT2D eigenvalue weighted by atomic mass is 31.1. The molecule has 3 atom stereocenters. The van der Waals surface area contributed by atoms with Gasteiger partial charge in [0.25, 0.3) is 0 Å². The van der Waals surface area contributed by atoms with Crippen LogP contribution < -0.4 is 0 Å².